The summed E-state index contributed by atoms with van der Waals surface area (Å²) >= 11 is 0. The van der Waals surface area contributed by atoms with Gasteiger partial charge >= 0.3 is 41.1 Å². The highest BCUT2D eigenvalue weighted by atomic mass is 32.2. The second kappa shape index (κ2) is 10.3. The molecule has 1 heterocycles. The largest absolute Gasteiger partial charge is 0.575 e. The molecule has 0 atom stereocenters. The molecule has 2 rings (SSSR count). The summed E-state index contributed by atoms with van der Waals surface area (Å²) in [5.41, 5.74) is -0.602. The van der Waals surface area contributed by atoms with Gasteiger partial charge in [0.05, 0.1) is 12.7 Å². The molecule has 0 saturated carbocycles. The molecule has 2 amide bonds. The Balaban J connectivity index is 0.000000375. The quantitative estimate of drug-likeness (QED) is 0.690. The summed E-state index contributed by atoms with van der Waals surface area (Å²) in [6.07, 6.45) is -9.28. The summed E-state index contributed by atoms with van der Waals surface area (Å²) < 4.78 is 102. The fourth-order valence-corrected chi connectivity index (χ4v) is 1.63. The Morgan fingerprint density at radius 1 is 1.00 bits per heavy atom. The van der Waals surface area contributed by atoms with Gasteiger partial charge in [-0.05, 0) is 0 Å². The molecule has 0 saturated heterocycles. The van der Waals surface area contributed by atoms with Crippen molar-refractivity contribution in [3.05, 3.63) is 35.9 Å². The molecule has 0 unspecified atom stereocenters. The van der Waals surface area contributed by atoms with Crippen molar-refractivity contribution in [2.75, 3.05) is 12.4 Å². The minimum absolute atomic E-state index is 0.599. The number of amides is 2. The third-order valence-electron chi connectivity index (χ3n) is 2.46. The van der Waals surface area contributed by atoms with E-state index in [0.717, 1.165) is 19.2 Å². The van der Waals surface area contributed by atoms with Crippen molar-refractivity contribution in [2.45, 2.75) is 12.5 Å². The van der Waals surface area contributed by atoms with Gasteiger partial charge in [0.2, 0.25) is 5.95 Å². The number of alkyl halides is 6. The minimum Gasteiger partial charge on any atom is -0.467 e. The number of rotatable bonds is 3. The Morgan fingerprint density at radius 2 is 1.57 bits per heavy atom. The smallest absolute Gasteiger partial charge is 0.467 e. The first-order valence-corrected chi connectivity index (χ1v) is 8.13. The number of ether oxygens (including phenoxy) is 2. The van der Waals surface area contributed by atoms with E-state index in [-0.39, 0.29) is 0 Å². The molecule has 30 heavy (non-hydrogen) atoms. The molecule has 0 fully saturated rings. The Labute approximate surface area is 164 Å². The normalized spacial score (nSPS) is 10.9. The van der Waals surface area contributed by atoms with E-state index >= 15 is 0 Å². The van der Waals surface area contributed by atoms with Crippen molar-refractivity contribution in [3.63, 3.8) is 0 Å². The van der Waals surface area contributed by atoms with Crippen LogP contribution in [0.3, 0.4) is 0 Å². The number of nitrogens with zero attached hydrogens (tertiary/aromatic N) is 4. The number of methoxy groups -OCH3 is 1. The lowest BCUT2D eigenvalue weighted by Crippen LogP contribution is -2.20. The second-order valence-electron chi connectivity index (χ2n) is 4.58. The van der Waals surface area contributed by atoms with Crippen LogP contribution in [0.1, 0.15) is 5.56 Å². The summed E-state index contributed by atoms with van der Waals surface area (Å²) in [6, 6.07) is 3.13. The van der Waals surface area contributed by atoms with Crippen LogP contribution in [-0.4, -0.2) is 42.9 Å². The second-order valence-corrected chi connectivity index (χ2v) is 5.20. The lowest BCUT2D eigenvalue weighted by molar-refractivity contribution is -0.277. The Kier molecular flexibility index (Phi) is 8.45. The molecule has 0 aliphatic rings. The van der Waals surface area contributed by atoms with E-state index in [1.165, 1.54) is 12.1 Å². The lowest BCUT2D eigenvalue weighted by Gasteiger charge is -2.08. The number of carbonyl (C=O) groups excluding carboxylic acids is 1. The lowest BCUT2D eigenvalue weighted by atomic mass is 10.2. The van der Waals surface area contributed by atoms with Crippen LogP contribution in [0.25, 0.3) is 0 Å². The van der Waals surface area contributed by atoms with Gasteiger partial charge in [0.25, 0.3) is 0 Å². The van der Waals surface area contributed by atoms with Crippen molar-refractivity contribution < 1.29 is 49.0 Å². The predicted molar refractivity (Wildman–Crippen MR) is 84.9 cm³/mol. The summed E-state index contributed by atoms with van der Waals surface area (Å²) in [6.45, 7) is 0. The first kappa shape index (κ1) is 24.5. The number of urea groups is 1. The zero-order chi connectivity index (χ0) is 22.9. The molecule has 1 N–H and O–H groups in total. The van der Waals surface area contributed by atoms with Gasteiger partial charge in [-0.25, -0.2) is 4.79 Å². The average molecular weight is 461 g/mol. The highest BCUT2D eigenvalue weighted by Crippen LogP contribution is 2.28. The molecule has 0 aliphatic heterocycles. The third-order valence-corrected chi connectivity index (χ3v) is 2.78. The number of benzene rings is 1. The Hall–Kier alpha value is -3.50. The fraction of sp³-hybridized carbons (Fsp3) is 0.231. The first-order chi connectivity index (χ1) is 13.8. The maximum Gasteiger partial charge on any atom is 0.575 e. The van der Waals surface area contributed by atoms with Crippen LogP contribution in [-0.2, 0) is 16.7 Å². The number of nitrogens with one attached hydrogen (secondary N) is 1. The summed E-state index contributed by atoms with van der Waals surface area (Å²) in [5, 5.41) is 1.69. The van der Waals surface area contributed by atoms with Gasteiger partial charge in [-0.3, -0.25) is 5.32 Å². The minimum atomic E-state index is -5.07. The Morgan fingerprint density at radius 3 is 2.00 bits per heavy atom. The van der Waals surface area contributed by atoms with E-state index in [0.29, 0.717) is 0 Å². The molecule has 0 bridgehead atoms. The van der Waals surface area contributed by atoms with Crippen molar-refractivity contribution in [1.82, 2.24) is 15.0 Å². The fourth-order valence-electron chi connectivity index (χ4n) is 1.45. The molecular formula is C13H9F6N5O5S. The Bertz CT molecular complexity index is 990. The molecule has 2 aromatic rings. The molecule has 0 radical (unpaired) electrons. The zero-order valence-electron chi connectivity index (χ0n) is 14.4. The number of hydrogen-bond donors (Lipinski definition) is 1. The highest BCUT2D eigenvalue weighted by molar-refractivity contribution is 7.62. The van der Waals surface area contributed by atoms with Gasteiger partial charge in [0.1, 0.15) is 0 Å². The van der Waals surface area contributed by atoms with Crippen molar-refractivity contribution >= 4 is 22.5 Å². The summed E-state index contributed by atoms with van der Waals surface area (Å²) in [5.74, 6) is -0.740. The van der Waals surface area contributed by atoms with Gasteiger partial charge < -0.3 is 9.47 Å². The van der Waals surface area contributed by atoms with Crippen LogP contribution in [0.4, 0.5) is 37.1 Å². The third kappa shape index (κ3) is 9.62. The van der Waals surface area contributed by atoms with Crippen LogP contribution < -0.4 is 14.8 Å². The molecule has 0 aliphatic carbocycles. The van der Waals surface area contributed by atoms with E-state index in [1.54, 1.807) is 11.4 Å². The molecular weight excluding hydrogens is 452 g/mol. The molecule has 1 aromatic heterocycles. The van der Waals surface area contributed by atoms with Crippen LogP contribution in [0.2, 0.25) is 0 Å². The number of anilines is 1. The molecule has 10 nitrogen and oxygen atoms in total. The molecule has 1 aromatic carbocycles. The SMILES string of the molecule is COc1nc(NC(=O)N=S(=O)=O)nc(OC(F)(F)F)n1.FC(F)(F)c1ccccc1. The maximum atomic E-state index is 12.0. The average Bonchev–Trinajstić information content (AvgIpc) is 2.59. The standard InChI is InChI=1S/C7H5F3.C6H4F3N5O5S/c8-7(9,10)6-4-2-1-3-5-6;1-18-4-11-2(10-3(15)14-20(16)17)12-5(13-4)19-6(7,8)9/h1-5H;1H3,(H,10,11,12,13,15). The van der Waals surface area contributed by atoms with Crippen LogP contribution in [0.15, 0.2) is 34.7 Å². The summed E-state index contributed by atoms with van der Waals surface area (Å²) in [4.78, 5) is 20.5. The number of hydrogen-bond acceptors (Lipinski definition) is 8. The molecule has 164 valence electrons. The van der Waals surface area contributed by atoms with Crippen molar-refractivity contribution in [1.29, 1.82) is 0 Å². The monoisotopic (exact) mass is 461 g/mol. The van der Waals surface area contributed by atoms with E-state index in [2.05, 4.69) is 28.8 Å². The van der Waals surface area contributed by atoms with E-state index in [1.807, 2.05) is 0 Å². The van der Waals surface area contributed by atoms with Gasteiger partial charge in [0, 0.05) is 0 Å². The maximum absolute atomic E-state index is 12.0. The van der Waals surface area contributed by atoms with Crippen molar-refractivity contribution in [3.8, 4) is 12.0 Å². The molecule has 17 heteroatoms. The topological polar surface area (TPSA) is 133 Å². The van der Waals surface area contributed by atoms with Crippen molar-refractivity contribution in [2.24, 2.45) is 4.36 Å². The van der Waals surface area contributed by atoms with E-state index in [9.17, 15) is 39.6 Å². The highest BCUT2D eigenvalue weighted by Gasteiger charge is 2.33. The molecule has 0 spiro atoms. The number of halogens is 6. The number of aromatic nitrogens is 3. The zero-order valence-corrected chi connectivity index (χ0v) is 15.2. The first-order valence-electron chi connectivity index (χ1n) is 7.10. The predicted octanol–water partition coefficient (Wildman–Crippen LogP) is 3.08. The van der Waals surface area contributed by atoms with Crippen LogP contribution in [0, 0.1) is 0 Å². The summed E-state index contributed by atoms with van der Waals surface area (Å²) in [7, 11) is -2.01. The van der Waals surface area contributed by atoms with Gasteiger partial charge in [0.15, 0.2) is 0 Å². The van der Waals surface area contributed by atoms with Crippen LogP contribution in [0.5, 0.6) is 12.0 Å². The van der Waals surface area contributed by atoms with Gasteiger partial charge in [-0.15, -0.1) is 18.2 Å². The van der Waals surface area contributed by atoms with E-state index in [4.69, 9.17) is 0 Å². The van der Waals surface area contributed by atoms with Gasteiger partial charge in [-0.2, -0.15) is 31.6 Å². The number of carbonyl (C=O) groups is 1. The van der Waals surface area contributed by atoms with Gasteiger partial charge in [-0.1, -0.05) is 34.7 Å². The van der Waals surface area contributed by atoms with E-state index < -0.39 is 52.6 Å². The van der Waals surface area contributed by atoms with Crippen LogP contribution >= 0.6 is 0 Å².